The molecule has 0 atom stereocenters. The van der Waals surface area contributed by atoms with E-state index in [0.29, 0.717) is 27.3 Å². The monoisotopic (exact) mass is 404 g/mol. The van der Waals surface area contributed by atoms with Gasteiger partial charge in [0.05, 0.1) is 4.91 Å². The summed E-state index contributed by atoms with van der Waals surface area (Å²) in [7, 11) is 0. The number of amides is 2. The Hall–Kier alpha value is -2.10. The highest BCUT2D eigenvalue weighted by atomic mass is 32.2. The van der Waals surface area contributed by atoms with Crippen molar-refractivity contribution < 1.29 is 9.59 Å². The fourth-order valence-electron chi connectivity index (χ4n) is 2.32. The molecule has 6 nitrogen and oxygen atoms in total. The normalized spacial score (nSPS) is 15.7. The molecule has 2 aromatic rings. The molecule has 2 heterocycles. The number of thioether (sulfide) groups is 1. The fraction of sp³-hybridized carbons (Fsp3) is 0.235. The molecule has 1 aromatic carbocycles. The maximum Gasteiger partial charge on any atom is 0.266 e. The summed E-state index contributed by atoms with van der Waals surface area (Å²) >= 11 is 7.93. The minimum Gasteiger partial charge on any atom is -0.301 e. The van der Waals surface area contributed by atoms with Gasteiger partial charge in [0.2, 0.25) is 11.0 Å². The van der Waals surface area contributed by atoms with E-state index in [1.165, 1.54) is 23.1 Å². The molecule has 0 bridgehead atoms. The molecule has 2 amide bonds. The maximum absolute atomic E-state index is 12.5. The van der Waals surface area contributed by atoms with Crippen molar-refractivity contribution in [3.8, 4) is 0 Å². The molecule has 1 N–H and O–H groups in total. The number of hydrogen-bond donors (Lipinski definition) is 1. The van der Waals surface area contributed by atoms with Crippen molar-refractivity contribution in [1.82, 2.24) is 15.1 Å². The van der Waals surface area contributed by atoms with Gasteiger partial charge in [-0.1, -0.05) is 65.6 Å². The molecule has 1 fully saturated rings. The van der Waals surface area contributed by atoms with E-state index in [0.717, 1.165) is 10.6 Å². The average Bonchev–Trinajstić information content (AvgIpc) is 3.13. The molecule has 1 saturated heterocycles. The minimum atomic E-state index is -0.147. The molecule has 134 valence electrons. The molecule has 1 aliphatic heterocycles. The van der Waals surface area contributed by atoms with Crippen molar-refractivity contribution in [2.75, 3.05) is 11.9 Å². The minimum absolute atomic E-state index is 0.107. The van der Waals surface area contributed by atoms with E-state index in [2.05, 4.69) is 15.5 Å². The quantitative estimate of drug-likeness (QED) is 0.587. The van der Waals surface area contributed by atoms with E-state index >= 15 is 0 Å². The van der Waals surface area contributed by atoms with Crippen molar-refractivity contribution >= 4 is 62.7 Å². The highest BCUT2D eigenvalue weighted by molar-refractivity contribution is 8.26. The van der Waals surface area contributed by atoms with Gasteiger partial charge in [0, 0.05) is 13.0 Å². The number of benzene rings is 1. The first-order valence-electron chi connectivity index (χ1n) is 7.93. The van der Waals surface area contributed by atoms with E-state index in [-0.39, 0.29) is 18.2 Å². The summed E-state index contributed by atoms with van der Waals surface area (Å²) in [5, 5.41) is 11.7. The van der Waals surface area contributed by atoms with Gasteiger partial charge in [0.1, 0.15) is 9.33 Å². The number of aryl methyl sites for hydroxylation is 1. The highest BCUT2D eigenvalue weighted by Gasteiger charge is 2.31. The lowest BCUT2D eigenvalue weighted by atomic mass is 10.2. The second-order valence-electron chi connectivity index (χ2n) is 5.52. The van der Waals surface area contributed by atoms with Crippen molar-refractivity contribution in [2.24, 2.45) is 0 Å². The lowest BCUT2D eigenvalue weighted by molar-refractivity contribution is -0.122. The zero-order chi connectivity index (χ0) is 18.5. The topological polar surface area (TPSA) is 75.2 Å². The van der Waals surface area contributed by atoms with Crippen LogP contribution in [0.15, 0.2) is 35.2 Å². The number of carbonyl (C=O) groups excluding carboxylic acids is 2. The van der Waals surface area contributed by atoms with Crippen LogP contribution in [0.1, 0.15) is 23.4 Å². The predicted molar refractivity (Wildman–Crippen MR) is 109 cm³/mol. The van der Waals surface area contributed by atoms with Crippen LogP contribution < -0.4 is 5.32 Å². The summed E-state index contributed by atoms with van der Waals surface area (Å²) in [4.78, 5) is 26.6. The lowest BCUT2D eigenvalue weighted by Crippen LogP contribution is -2.29. The molecular formula is C17H16N4O2S3. The van der Waals surface area contributed by atoms with Gasteiger partial charge >= 0.3 is 0 Å². The van der Waals surface area contributed by atoms with Crippen LogP contribution in [0.5, 0.6) is 0 Å². The summed E-state index contributed by atoms with van der Waals surface area (Å²) < 4.78 is 0.525. The molecule has 9 heteroatoms. The Morgan fingerprint density at radius 2 is 2.08 bits per heavy atom. The van der Waals surface area contributed by atoms with Crippen molar-refractivity contribution in [3.05, 3.63) is 45.8 Å². The summed E-state index contributed by atoms with van der Waals surface area (Å²) in [5.74, 6) is -0.254. The van der Waals surface area contributed by atoms with E-state index in [4.69, 9.17) is 12.2 Å². The van der Waals surface area contributed by atoms with Crippen molar-refractivity contribution in [1.29, 1.82) is 0 Å². The summed E-state index contributed by atoms with van der Waals surface area (Å²) in [6, 6.07) is 9.64. The third-order valence-electron chi connectivity index (χ3n) is 3.53. The maximum atomic E-state index is 12.5. The standard InChI is InChI=1S/C17H16N4O2S3/c1-11-19-20-16(25-11)18-14(22)8-5-9-21-15(23)13(26-17(21)24)10-12-6-3-2-4-7-12/h2-4,6-7,10H,5,8-9H2,1H3,(H,18,20,22)/b13-10+. The third-order valence-corrected chi connectivity index (χ3v) is 5.66. The van der Waals surface area contributed by atoms with Gasteiger partial charge in [0.15, 0.2) is 0 Å². The fourth-order valence-corrected chi connectivity index (χ4v) is 4.24. The third kappa shape index (κ3) is 4.75. The van der Waals surface area contributed by atoms with Crippen molar-refractivity contribution in [3.63, 3.8) is 0 Å². The van der Waals surface area contributed by atoms with Gasteiger partial charge in [0.25, 0.3) is 5.91 Å². The molecule has 3 rings (SSSR count). The zero-order valence-electron chi connectivity index (χ0n) is 14.0. The zero-order valence-corrected chi connectivity index (χ0v) is 16.4. The van der Waals surface area contributed by atoms with Crippen LogP contribution in [0.2, 0.25) is 0 Å². The number of hydrogen-bond acceptors (Lipinski definition) is 7. The second-order valence-corrected chi connectivity index (χ2v) is 8.38. The van der Waals surface area contributed by atoms with Gasteiger partial charge in [-0.2, -0.15) is 0 Å². The van der Waals surface area contributed by atoms with E-state index in [1.807, 2.05) is 43.3 Å². The highest BCUT2D eigenvalue weighted by Crippen LogP contribution is 2.32. The van der Waals surface area contributed by atoms with Crippen molar-refractivity contribution in [2.45, 2.75) is 19.8 Å². The summed E-state index contributed by atoms with van der Waals surface area (Å²) in [5.41, 5.74) is 0.958. The summed E-state index contributed by atoms with van der Waals surface area (Å²) in [6.45, 7) is 2.24. The second kappa shape index (κ2) is 8.52. The number of nitrogens with one attached hydrogen (secondary N) is 1. The Labute approximate surface area is 164 Å². The van der Waals surface area contributed by atoms with E-state index < -0.39 is 0 Å². The molecule has 0 unspecified atom stereocenters. The Kier molecular flexibility index (Phi) is 6.12. The molecular weight excluding hydrogens is 388 g/mol. The van der Waals surface area contributed by atoms with Crippen LogP contribution in [-0.4, -0.2) is 37.8 Å². The SMILES string of the molecule is Cc1nnc(NC(=O)CCCN2C(=O)/C(=C\c3ccccc3)SC2=S)s1. The molecule has 0 saturated carbocycles. The largest absolute Gasteiger partial charge is 0.301 e. The van der Waals surface area contributed by atoms with Crippen LogP contribution >= 0.6 is 35.3 Å². The van der Waals surface area contributed by atoms with Crippen LogP contribution in [0.3, 0.4) is 0 Å². The first-order chi connectivity index (χ1) is 12.5. The molecule has 1 aliphatic rings. The number of carbonyl (C=O) groups is 2. The van der Waals surface area contributed by atoms with Gasteiger partial charge < -0.3 is 5.32 Å². The first-order valence-corrected chi connectivity index (χ1v) is 9.97. The van der Waals surface area contributed by atoms with Gasteiger partial charge in [-0.15, -0.1) is 10.2 Å². The van der Waals surface area contributed by atoms with Gasteiger partial charge in [-0.3, -0.25) is 14.5 Å². The Morgan fingerprint density at radius 3 is 2.77 bits per heavy atom. The van der Waals surface area contributed by atoms with Gasteiger partial charge in [-0.05, 0) is 25.0 Å². The van der Waals surface area contributed by atoms with E-state index in [9.17, 15) is 9.59 Å². The average molecular weight is 405 g/mol. The molecule has 0 aliphatic carbocycles. The first kappa shape index (κ1) is 18.7. The Bertz CT molecular complexity index is 864. The Morgan fingerprint density at radius 1 is 1.31 bits per heavy atom. The predicted octanol–water partition coefficient (Wildman–Crippen LogP) is 3.47. The summed E-state index contributed by atoms with van der Waals surface area (Å²) in [6.07, 6.45) is 2.64. The number of nitrogens with zero attached hydrogens (tertiary/aromatic N) is 3. The van der Waals surface area contributed by atoms with Crippen LogP contribution in [0.4, 0.5) is 5.13 Å². The molecule has 0 spiro atoms. The molecule has 26 heavy (non-hydrogen) atoms. The molecule has 1 aromatic heterocycles. The number of anilines is 1. The van der Waals surface area contributed by atoms with Crippen LogP contribution in [-0.2, 0) is 9.59 Å². The lowest BCUT2D eigenvalue weighted by Gasteiger charge is -2.13. The van der Waals surface area contributed by atoms with Gasteiger partial charge in [-0.25, -0.2) is 0 Å². The van der Waals surface area contributed by atoms with Crippen LogP contribution in [0, 0.1) is 6.92 Å². The number of thiocarbonyl (C=S) groups is 1. The van der Waals surface area contributed by atoms with E-state index in [1.54, 1.807) is 4.90 Å². The Balaban J connectivity index is 1.52. The smallest absolute Gasteiger partial charge is 0.266 e. The number of rotatable bonds is 6. The van der Waals surface area contributed by atoms with Crippen LogP contribution in [0.25, 0.3) is 6.08 Å². The number of aromatic nitrogens is 2. The molecule has 0 radical (unpaired) electrons.